The van der Waals surface area contributed by atoms with Crippen LogP contribution in [0.15, 0.2) is 24.3 Å². The lowest BCUT2D eigenvalue weighted by atomic mass is 10.2. The molecule has 6 N–H and O–H groups in total. The van der Waals surface area contributed by atoms with Gasteiger partial charge < -0.3 is 11.1 Å². The Kier molecular flexibility index (Phi) is 3.01. The molecule has 0 unspecified atom stereocenters. The molecule has 1 aromatic rings. The van der Waals surface area contributed by atoms with E-state index in [1.54, 1.807) is 12.1 Å². The minimum Gasteiger partial charge on any atom is -0.324 e. The van der Waals surface area contributed by atoms with Crippen LogP contribution in [0, 0.1) is 0 Å². The average Bonchev–Trinajstić information content (AvgIpc) is 2.95. The molecule has 0 aliphatic heterocycles. The number of carbonyl (C=O) groups excluding carboxylic acids is 1. The summed E-state index contributed by atoms with van der Waals surface area (Å²) in [6.45, 7) is 0. The molecule has 1 saturated carbocycles. The minimum atomic E-state index is -3.83. The first-order chi connectivity index (χ1) is 8.28. The summed E-state index contributed by atoms with van der Waals surface area (Å²) in [5.41, 5.74) is 5.70. The third kappa shape index (κ3) is 3.19. The summed E-state index contributed by atoms with van der Waals surface area (Å²) in [6, 6.07) is 6.22. The summed E-state index contributed by atoms with van der Waals surface area (Å²) < 4.78 is 23.8. The van der Waals surface area contributed by atoms with Crippen LogP contribution in [0.25, 0.3) is 0 Å². The number of carbonyl (C=O) groups is 1. The fourth-order valence-corrected chi connectivity index (χ4v) is 1.90. The third-order valence-electron chi connectivity index (χ3n) is 2.62. The van der Waals surface area contributed by atoms with Gasteiger partial charge in [-0.3, -0.25) is 9.52 Å². The normalized spacial score (nSPS) is 17.0. The van der Waals surface area contributed by atoms with Gasteiger partial charge in [0.25, 0.3) is 10.2 Å². The largest absolute Gasteiger partial charge is 0.324 e. The second-order valence-electron chi connectivity index (χ2n) is 4.34. The molecule has 8 heteroatoms. The Morgan fingerprint density at radius 2 is 1.89 bits per heavy atom. The number of nitrogens with two attached hydrogens (primary N) is 2. The number of amides is 1. The van der Waals surface area contributed by atoms with Crippen LogP contribution in [0.3, 0.4) is 0 Å². The van der Waals surface area contributed by atoms with Gasteiger partial charge in [0.1, 0.15) is 0 Å². The molecule has 0 aromatic heterocycles. The van der Waals surface area contributed by atoms with Crippen LogP contribution in [0.4, 0.5) is 11.4 Å². The monoisotopic (exact) mass is 270 g/mol. The molecule has 0 heterocycles. The first-order valence-electron chi connectivity index (χ1n) is 5.29. The van der Waals surface area contributed by atoms with Gasteiger partial charge in [0.15, 0.2) is 0 Å². The van der Waals surface area contributed by atoms with E-state index in [4.69, 9.17) is 10.9 Å². The zero-order valence-electron chi connectivity index (χ0n) is 9.51. The molecule has 18 heavy (non-hydrogen) atoms. The van der Waals surface area contributed by atoms with Crippen LogP contribution in [0.2, 0.25) is 0 Å². The van der Waals surface area contributed by atoms with E-state index in [9.17, 15) is 13.2 Å². The smallest absolute Gasteiger partial charge is 0.296 e. The van der Waals surface area contributed by atoms with Gasteiger partial charge in [0.05, 0.1) is 11.2 Å². The van der Waals surface area contributed by atoms with E-state index in [2.05, 4.69) is 10.0 Å². The number of hydrogen-bond acceptors (Lipinski definition) is 4. The van der Waals surface area contributed by atoms with Crippen LogP contribution < -0.4 is 20.9 Å². The molecular formula is C10H14N4O3S. The standard InChI is InChI=1S/C10H14N4O3S/c11-10(4-5-10)9(15)13-7-2-1-3-8(6-7)14-18(12,16)17/h1-3,6,14H,4-5,11H2,(H,13,15)(H2,12,16,17). The number of rotatable bonds is 4. The first-order valence-corrected chi connectivity index (χ1v) is 6.84. The van der Waals surface area contributed by atoms with E-state index in [0.29, 0.717) is 18.5 Å². The molecular weight excluding hydrogens is 256 g/mol. The lowest BCUT2D eigenvalue weighted by Gasteiger charge is -2.11. The van der Waals surface area contributed by atoms with E-state index in [1.807, 2.05) is 0 Å². The SMILES string of the molecule is NC1(C(=O)Nc2cccc(NS(N)(=O)=O)c2)CC1. The minimum absolute atomic E-state index is 0.268. The Morgan fingerprint density at radius 1 is 1.28 bits per heavy atom. The van der Waals surface area contributed by atoms with E-state index in [0.717, 1.165) is 0 Å². The van der Waals surface area contributed by atoms with Crippen molar-refractivity contribution in [1.29, 1.82) is 0 Å². The molecule has 1 aromatic carbocycles. The highest BCUT2D eigenvalue weighted by Gasteiger charge is 2.45. The second kappa shape index (κ2) is 4.23. The number of anilines is 2. The van der Waals surface area contributed by atoms with Gasteiger partial charge in [-0.25, -0.2) is 5.14 Å². The Labute approximate surface area is 105 Å². The molecule has 0 spiro atoms. The number of benzene rings is 1. The van der Waals surface area contributed by atoms with Gasteiger partial charge in [-0.1, -0.05) is 6.07 Å². The van der Waals surface area contributed by atoms with Crippen molar-refractivity contribution in [3.05, 3.63) is 24.3 Å². The van der Waals surface area contributed by atoms with Crippen molar-refractivity contribution < 1.29 is 13.2 Å². The fourth-order valence-electron chi connectivity index (χ4n) is 1.44. The van der Waals surface area contributed by atoms with Crippen molar-refractivity contribution in [2.75, 3.05) is 10.0 Å². The Morgan fingerprint density at radius 3 is 2.44 bits per heavy atom. The molecule has 0 atom stereocenters. The van der Waals surface area contributed by atoms with Crippen LogP contribution in [-0.2, 0) is 15.0 Å². The zero-order chi connectivity index (χ0) is 13.4. The maximum Gasteiger partial charge on any atom is 0.296 e. The molecule has 0 saturated heterocycles. The van der Waals surface area contributed by atoms with Crippen LogP contribution >= 0.6 is 0 Å². The maximum absolute atomic E-state index is 11.7. The fraction of sp³-hybridized carbons (Fsp3) is 0.300. The van der Waals surface area contributed by atoms with Crippen LogP contribution in [-0.4, -0.2) is 19.9 Å². The first kappa shape index (κ1) is 12.8. The molecule has 1 aliphatic rings. The van der Waals surface area contributed by atoms with Crippen molar-refractivity contribution >= 4 is 27.5 Å². The molecule has 1 fully saturated rings. The van der Waals surface area contributed by atoms with Gasteiger partial charge in [-0.15, -0.1) is 0 Å². The highest BCUT2D eigenvalue weighted by atomic mass is 32.2. The van der Waals surface area contributed by atoms with E-state index in [1.165, 1.54) is 12.1 Å². The van der Waals surface area contributed by atoms with E-state index < -0.39 is 15.7 Å². The molecule has 0 bridgehead atoms. The highest BCUT2D eigenvalue weighted by Crippen LogP contribution is 2.33. The van der Waals surface area contributed by atoms with E-state index >= 15 is 0 Å². The Bertz CT molecular complexity index is 581. The molecule has 1 aliphatic carbocycles. The summed E-state index contributed by atoms with van der Waals surface area (Å²) in [4.78, 5) is 11.7. The molecule has 0 radical (unpaired) electrons. The molecule has 2 rings (SSSR count). The van der Waals surface area contributed by atoms with Crippen molar-refractivity contribution in [2.24, 2.45) is 10.9 Å². The number of hydrogen-bond donors (Lipinski definition) is 4. The predicted molar refractivity (Wildman–Crippen MR) is 68.0 cm³/mol. The topological polar surface area (TPSA) is 127 Å². The summed E-state index contributed by atoms with van der Waals surface area (Å²) in [7, 11) is -3.83. The predicted octanol–water partition coefficient (Wildman–Crippen LogP) is -0.268. The summed E-state index contributed by atoms with van der Waals surface area (Å²) in [6.07, 6.45) is 1.32. The molecule has 1 amide bonds. The van der Waals surface area contributed by atoms with Crippen LogP contribution in [0.1, 0.15) is 12.8 Å². The van der Waals surface area contributed by atoms with Crippen LogP contribution in [0.5, 0.6) is 0 Å². The van der Waals surface area contributed by atoms with Gasteiger partial charge in [-0.05, 0) is 31.0 Å². The van der Waals surface area contributed by atoms with Crippen molar-refractivity contribution in [3.8, 4) is 0 Å². The van der Waals surface area contributed by atoms with Gasteiger partial charge in [0, 0.05) is 5.69 Å². The quantitative estimate of drug-likeness (QED) is 0.600. The maximum atomic E-state index is 11.7. The van der Waals surface area contributed by atoms with E-state index in [-0.39, 0.29) is 11.6 Å². The van der Waals surface area contributed by atoms with Crippen molar-refractivity contribution in [1.82, 2.24) is 0 Å². The van der Waals surface area contributed by atoms with Crippen molar-refractivity contribution in [3.63, 3.8) is 0 Å². The molecule has 7 nitrogen and oxygen atoms in total. The highest BCUT2D eigenvalue weighted by molar-refractivity contribution is 7.90. The summed E-state index contributed by atoms with van der Waals surface area (Å²) in [5, 5.41) is 7.48. The van der Waals surface area contributed by atoms with Gasteiger partial charge >= 0.3 is 0 Å². The second-order valence-corrected chi connectivity index (χ2v) is 5.63. The summed E-state index contributed by atoms with van der Waals surface area (Å²) >= 11 is 0. The lowest BCUT2D eigenvalue weighted by Crippen LogP contribution is -2.37. The van der Waals surface area contributed by atoms with Crippen molar-refractivity contribution in [2.45, 2.75) is 18.4 Å². The number of nitrogens with one attached hydrogen (secondary N) is 2. The van der Waals surface area contributed by atoms with Gasteiger partial charge in [0.2, 0.25) is 5.91 Å². The Balaban J connectivity index is 2.10. The third-order valence-corrected chi connectivity index (χ3v) is 3.14. The van der Waals surface area contributed by atoms with Gasteiger partial charge in [-0.2, -0.15) is 8.42 Å². The average molecular weight is 270 g/mol. The Hall–Kier alpha value is -1.64. The lowest BCUT2D eigenvalue weighted by molar-refractivity contribution is -0.118. The molecule has 98 valence electrons. The zero-order valence-corrected chi connectivity index (χ0v) is 10.3. The summed E-state index contributed by atoms with van der Waals surface area (Å²) in [5.74, 6) is -0.268.